The number of nitrogens with zero attached hydrogens (tertiary/aromatic N) is 4. The Morgan fingerprint density at radius 2 is 2.27 bits per heavy atom. The van der Waals surface area contributed by atoms with Crippen LogP contribution in [0.5, 0.6) is 0 Å². The molecule has 1 fully saturated rings. The van der Waals surface area contributed by atoms with Gasteiger partial charge in [0.2, 0.25) is 0 Å². The summed E-state index contributed by atoms with van der Waals surface area (Å²) in [5.41, 5.74) is 2.33. The van der Waals surface area contributed by atoms with Crippen molar-refractivity contribution in [1.29, 1.82) is 0 Å². The first-order chi connectivity index (χ1) is 10.5. The van der Waals surface area contributed by atoms with Crippen molar-refractivity contribution in [2.24, 2.45) is 0 Å². The van der Waals surface area contributed by atoms with Crippen LogP contribution in [-0.2, 0) is 0 Å². The van der Waals surface area contributed by atoms with Crippen LogP contribution in [0.3, 0.4) is 0 Å². The lowest BCUT2D eigenvalue weighted by molar-refractivity contribution is 0.0699. The molecule has 116 valence electrons. The van der Waals surface area contributed by atoms with E-state index < -0.39 is 0 Å². The van der Waals surface area contributed by atoms with Crippen molar-refractivity contribution in [2.45, 2.75) is 32.6 Å². The minimum Gasteiger partial charge on any atom is -0.337 e. The Labute approximate surface area is 133 Å². The van der Waals surface area contributed by atoms with Gasteiger partial charge in [-0.15, -0.1) is 0 Å². The first-order valence-electron chi connectivity index (χ1n) is 7.35. The zero-order valence-corrected chi connectivity index (χ0v) is 13.4. The molecule has 1 aliphatic rings. The molecule has 0 saturated carbocycles. The Kier molecular flexibility index (Phi) is 4.11. The lowest BCUT2D eigenvalue weighted by Gasteiger charge is -2.31. The summed E-state index contributed by atoms with van der Waals surface area (Å²) in [7, 11) is 0. The third-order valence-corrected chi connectivity index (χ3v) is 4.20. The zero-order valence-electron chi connectivity index (χ0n) is 12.6. The van der Waals surface area contributed by atoms with Gasteiger partial charge in [-0.2, -0.15) is 5.10 Å². The number of aromatic amines is 1. The number of rotatable bonds is 2. The second kappa shape index (κ2) is 6.04. The molecule has 0 spiro atoms. The molecule has 0 radical (unpaired) electrons. The number of H-pyrrole nitrogens is 1. The molecule has 7 heteroatoms. The van der Waals surface area contributed by atoms with Crippen molar-refractivity contribution < 1.29 is 4.79 Å². The fourth-order valence-electron chi connectivity index (χ4n) is 2.81. The van der Waals surface area contributed by atoms with Gasteiger partial charge < -0.3 is 4.90 Å². The van der Waals surface area contributed by atoms with Gasteiger partial charge >= 0.3 is 0 Å². The fourth-order valence-corrected chi connectivity index (χ4v) is 2.98. The van der Waals surface area contributed by atoms with Crippen LogP contribution >= 0.6 is 11.6 Å². The summed E-state index contributed by atoms with van der Waals surface area (Å²) in [6, 6.07) is 2.04. The van der Waals surface area contributed by atoms with E-state index in [0.29, 0.717) is 17.4 Å². The van der Waals surface area contributed by atoms with Gasteiger partial charge in [0.1, 0.15) is 5.82 Å². The molecular weight excluding hydrogens is 302 g/mol. The summed E-state index contributed by atoms with van der Waals surface area (Å²) in [5.74, 6) is 0.668. The predicted octanol–water partition coefficient (Wildman–Crippen LogP) is 2.49. The summed E-state index contributed by atoms with van der Waals surface area (Å²) < 4.78 is 0. The third kappa shape index (κ3) is 2.97. The maximum Gasteiger partial charge on any atom is 0.274 e. The topological polar surface area (TPSA) is 74.8 Å². The van der Waals surface area contributed by atoms with E-state index in [2.05, 4.69) is 20.2 Å². The SMILES string of the molecule is Cc1ncc(Cl)c(C(=O)N2CCC[C@@H](c3cc(C)[nH]n3)C2)n1. The van der Waals surface area contributed by atoms with Crippen LogP contribution in [0.25, 0.3) is 0 Å². The van der Waals surface area contributed by atoms with Crippen LogP contribution in [0, 0.1) is 13.8 Å². The van der Waals surface area contributed by atoms with E-state index in [1.807, 2.05) is 17.9 Å². The Hall–Kier alpha value is -1.95. The van der Waals surface area contributed by atoms with Gasteiger partial charge in [0, 0.05) is 24.7 Å². The number of aromatic nitrogens is 4. The molecule has 3 rings (SSSR count). The van der Waals surface area contributed by atoms with Crippen molar-refractivity contribution in [1.82, 2.24) is 25.1 Å². The second-order valence-corrected chi connectivity index (χ2v) is 6.09. The standard InChI is InChI=1S/C15H18ClN5O/c1-9-6-13(20-19-9)11-4-3-5-21(8-11)15(22)14-12(16)7-17-10(2)18-14/h6-7,11H,3-5,8H2,1-2H3,(H,19,20)/t11-/m1/s1. The first kappa shape index (κ1) is 15.0. The van der Waals surface area contributed by atoms with E-state index in [1.165, 1.54) is 6.20 Å². The van der Waals surface area contributed by atoms with Crippen LogP contribution < -0.4 is 0 Å². The molecule has 0 aromatic carbocycles. The van der Waals surface area contributed by atoms with Crippen LogP contribution in [0.4, 0.5) is 0 Å². The highest BCUT2D eigenvalue weighted by molar-refractivity contribution is 6.33. The molecule has 1 saturated heterocycles. The van der Waals surface area contributed by atoms with Gasteiger partial charge in [-0.25, -0.2) is 9.97 Å². The average Bonchev–Trinajstić information content (AvgIpc) is 2.96. The van der Waals surface area contributed by atoms with E-state index >= 15 is 0 Å². The first-order valence-corrected chi connectivity index (χ1v) is 7.72. The number of piperidine rings is 1. The van der Waals surface area contributed by atoms with Crippen molar-refractivity contribution in [3.63, 3.8) is 0 Å². The van der Waals surface area contributed by atoms with Crippen molar-refractivity contribution >= 4 is 17.5 Å². The third-order valence-electron chi connectivity index (χ3n) is 3.92. The number of hydrogen-bond acceptors (Lipinski definition) is 4. The summed E-state index contributed by atoms with van der Waals surface area (Å²) in [6.07, 6.45) is 3.46. The number of aryl methyl sites for hydroxylation is 2. The van der Waals surface area contributed by atoms with Gasteiger partial charge in [-0.3, -0.25) is 9.89 Å². The monoisotopic (exact) mass is 319 g/mol. The molecule has 2 aromatic rings. The van der Waals surface area contributed by atoms with Gasteiger partial charge in [0.15, 0.2) is 5.69 Å². The number of carbonyl (C=O) groups is 1. The Bertz CT molecular complexity index is 699. The van der Waals surface area contributed by atoms with Gasteiger partial charge in [-0.05, 0) is 32.8 Å². The molecule has 3 heterocycles. The molecule has 1 atom stereocenters. The fraction of sp³-hybridized carbons (Fsp3) is 0.467. The summed E-state index contributed by atoms with van der Waals surface area (Å²) in [5, 5.41) is 7.59. The lowest BCUT2D eigenvalue weighted by Crippen LogP contribution is -2.39. The van der Waals surface area contributed by atoms with E-state index in [1.54, 1.807) is 6.92 Å². The van der Waals surface area contributed by atoms with Gasteiger partial charge in [0.05, 0.1) is 16.9 Å². The van der Waals surface area contributed by atoms with Crippen molar-refractivity contribution in [3.05, 3.63) is 40.2 Å². The maximum absolute atomic E-state index is 12.7. The minimum atomic E-state index is -0.132. The molecule has 22 heavy (non-hydrogen) atoms. The van der Waals surface area contributed by atoms with E-state index in [0.717, 1.165) is 30.8 Å². The predicted molar refractivity (Wildman–Crippen MR) is 83.0 cm³/mol. The number of carbonyl (C=O) groups excluding carboxylic acids is 1. The molecule has 0 aliphatic carbocycles. The number of halogens is 1. The number of hydrogen-bond donors (Lipinski definition) is 1. The summed E-state index contributed by atoms with van der Waals surface area (Å²) in [6.45, 7) is 5.09. The Morgan fingerprint density at radius 3 is 3.00 bits per heavy atom. The van der Waals surface area contributed by atoms with E-state index in [9.17, 15) is 4.79 Å². The minimum absolute atomic E-state index is 0.132. The number of nitrogens with one attached hydrogen (secondary N) is 1. The van der Waals surface area contributed by atoms with Crippen molar-refractivity contribution in [2.75, 3.05) is 13.1 Å². The van der Waals surface area contributed by atoms with Gasteiger partial charge in [-0.1, -0.05) is 11.6 Å². The van der Waals surface area contributed by atoms with Crippen LogP contribution in [0.15, 0.2) is 12.3 Å². The summed E-state index contributed by atoms with van der Waals surface area (Å²) >= 11 is 6.08. The molecular formula is C15H18ClN5O. The molecule has 1 aliphatic heterocycles. The quantitative estimate of drug-likeness (QED) is 0.922. The highest BCUT2D eigenvalue weighted by Crippen LogP contribution is 2.27. The van der Waals surface area contributed by atoms with Crippen LogP contribution in [-0.4, -0.2) is 44.1 Å². The highest BCUT2D eigenvalue weighted by Gasteiger charge is 2.28. The molecule has 0 bridgehead atoms. The smallest absolute Gasteiger partial charge is 0.274 e. The zero-order chi connectivity index (χ0) is 15.7. The highest BCUT2D eigenvalue weighted by atomic mass is 35.5. The van der Waals surface area contributed by atoms with Gasteiger partial charge in [0.25, 0.3) is 5.91 Å². The molecule has 1 N–H and O–H groups in total. The van der Waals surface area contributed by atoms with Crippen LogP contribution in [0.1, 0.15) is 46.5 Å². The molecule has 0 unspecified atom stereocenters. The summed E-state index contributed by atoms with van der Waals surface area (Å²) in [4.78, 5) is 22.7. The van der Waals surface area contributed by atoms with Crippen LogP contribution in [0.2, 0.25) is 5.02 Å². The largest absolute Gasteiger partial charge is 0.337 e. The van der Waals surface area contributed by atoms with E-state index in [-0.39, 0.29) is 17.5 Å². The number of amides is 1. The Morgan fingerprint density at radius 1 is 1.45 bits per heavy atom. The Balaban J connectivity index is 1.79. The second-order valence-electron chi connectivity index (χ2n) is 5.68. The average molecular weight is 320 g/mol. The maximum atomic E-state index is 12.7. The van der Waals surface area contributed by atoms with Crippen molar-refractivity contribution in [3.8, 4) is 0 Å². The number of likely N-dealkylation sites (tertiary alicyclic amines) is 1. The molecule has 6 nitrogen and oxygen atoms in total. The molecule has 2 aromatic heterocycles. The van der Waals surface area contributed by atoms with E-state index in [4.69, 9.17) is 11.6 Å². The normalized spacial score (nSPS) is 18.5. The molecule has 1 amide bonds. The lowest BCUT2D eigenvalue weighted by atomic mass is 9.94.